The van der Waals surface area contributed by atoms with Crippen molar-refractivity contribution in [3.63, 3.8) is 0 Å². The van der Waals surface area contributed by atoms with Crippen LogP contribution in [-0.4, -0.2) is 43.4 Å². The number of rotatable bonds is 3. The zero-order valence-corrected chi connectivity index (χ0v) is 8.70. The van der Waals surface area contributed by atoms with Crippen LogP contribution in [0.1, 0.15) is 13.8 Å². The summed E-state index contributed by atoms with van der Waals surface area (Å²) in [6.07, 6.45) is -0.491. The molecule has 0 aliphatic carbocycles. The molecule has 0 rings (SSSR count). The second kappa shape index (κ2) is 7.25. The van der Waals surface area contributed by atoms with Crippen molar-refractivity contribution in [1.29, 1.82) is 0 Å². The summed E-state index contributed by atoms with van der Waals surface area (Å²) in [5.41, 5.74) is -1.78. The first kappa shape index (κ1) is 15.3. The van der Waals surface area contributed by atoms with Crippen molar-refractivity contribution < 1.29 is 23.8 Å². The van der Waals surface area contributed by atoms with Crippen molar-refractivity contribution in [2.75, 3.05) is 14.2 Å². The Labute approximate surface area is 82.2 Å². The average Bonchev–Trinajstić information content (AvgIpc) is 2.15. The number of alkyl carbamates (subject to hydrolysis) is 1. The minimum Gasteiger partial charge on any atom is -0.453 e. The van der Waals surface area contributed by atoms with Crippen LogP contribution in [0.5, 0.6) is 0 Å². The Morgan fingerprint density at radius 3 is 2.21 bits per heavy atom. The van der Waals surface area contributed by atoms with Gasteiger partial charge in [0, 0.05) is 7.11 Å². The van der Waals surface area contributed by atoms with Crippen LogP contribution in [0.15, 0.2) is 0 Å². The second-order valence-corrected chi connectivity index (χ2v) is 2.81. The van der Waals surface area contributed by atoms with E-state index in [2.05, 4.69) is 10.1 Å². The summed E-state index contributed by atoms with van der Waals surface area (Å²) in [5, 5.41) is 9.05. The number of aldehydes is 1. The minimum atomic E-state index is -1.78. The summed E-state index contributed by atoms with van der Waals surface area (Å²) in [4.78, 5) is 20.9. The first-order chi connectivity index (χ1) is 6.41. The maximum atomic E-state index is 13.0. The van der Waals surface area contributed by atoms with E-state index in [-0.39, 0.29) is 0 Å². The highest BCUT2D eigenvalue weighted by Gasteiger charge is 2.30. The molecule has 0 aliphatic heterocycles. The van der Waals surface area contributed by atoms with Crippen LogP contribution in [0.4, 0.5) is 9.18 Å². The monoisotopic (exact) mass is 209 g/mol. The molecule has 1 atom stereocenters. The molecule has 2 N–H and O–H groups in total. The van der Waals surface area contributed by atoms with E-state index in [1.165, 1.54) is 13.8 Å². The minimum absolute atomic E-state index is 0.330. The predicted molar refractivity (Wildman–Crippen MR) is 48.7 cm³/mol. The highest BCUT2D eigenvalue weighted by atomic mass is 19.1. The average molecular weight is 209 g/mol. The Morgan fingerprint density at radius 2 is 2.00 bits per heavy atom. The summed E-state index contributed by atoms with van der Waals surface area (Å²) in [7, 11) is 2.14. The zero-order chi connectivity index (χ0) is 11.8. The molecule has 0 fully saturated rings. The molecule has 0 saturated heterocycles. The van der Waals surface area contributed by atoms with Crippen molar-refractivity contribution in [3.05, 3.63) is 0 Å². The molecule has 0 aromatic carbocycles. The molecule has 0 aliphatic rings. The van der Waals surface area contributed by atoms with Crippen LogP contribution in [-0.2, 0) is 9.53 Å². The number of carbonyl (C=O) groups is 2. The largest absolute Gasteiger partial charge is 0.453 e. The Morgan fingerprint density at radius 1 is 1.57 bits per heavy atom. The maximum absolute atomic E-state index is 13.0. The number of nitrogens with one attached hydrogen (secondary N) is 1. The Bertz CT molecular complexity index is 179. The molecule has 1 unspecified atom stereocenters. The summed E-state index contributed by atoms with van der Waals surface area (Å²) in [6, 6.07) is -1.18. The lowest BCUT2D eigenvalue weighted by molar-refractivity contribution is -0.112. The SMILES string of the molecule is CO.COC(=O)NC(C=O)C(C)(C)F. The van der Waals surface area contributed by atoms with E-state index >= 15 is 0 Å². The third-order valence-corrected chi connectivity index (χ3v) is 1.33. The number of methoxy groups -OCH3 is 1. The van der Waals surface area contributed by atoms with E-state index in [0.29, 0.717) is 6.29 Å². The number of ether oxygens (including phenoxy) is 1. The van der Waals surface area contributed by atoms with Crippen LogP contribution < -0.4 is 5.32 Å². The van der Waals surface area contributed by atoms with E-state index in [0.717, 1.165) is 14.2 Å². The Hall–Kier alpha value is -1.17. The molecule has 0 aromatic rings. The number of hydrogen-bond donors (Lipinski definition) is 2. The molecule has 0 heterocycles. The Balaban J connectivity index is 0. The summed E-state index contributed by atoms with van der Waals surface area (Å²) < 4.78 is 17.3. The highest BCUT2D eigenvalue weighted by molar-refractivity contribution is 5.73. The molecular formula is C8H16FNO4. The van der Waals surface area contributed by atoms with Gasteiger partial charge in [0.1, 0.15) is 18.0 Å². The highest BCUT2D eigenvalue weighted by Crippen LogP contribution is 2.12. The van der Waals surface area contributed by atoms with Crippen LogP contribution in [0.2, 0.25) is 0 Å². The topological polar surface area (TPSA) is 75.6 Å². The first-order valence-electron chi connectivity index (χ1n) is 3.85. The van der Waals surface area contributed by atoms with Crippen molar-refractivity contribution in [1.82, 2.24) is 5.32 Å². The smallest absolute Gasteiger partial charge is 0.407 e. The van der Waals surface area contributed by atoms with E-state index in [1.807, 2.05) is 0 Å². The van der Waals surface area contributed by atoms with Gasteiger partial charge in [-0.15, -0.1) is 0 Å². The molecule has 6 heteroatoms. The lowest BCUT2D eigenvalue weighted by Crippen LogP contribution is -2.47. The zero-order valence-electron chi connectivity index (χ0n) is 8.70. The van der Waals surface area contributed by atoms with Gasteiger partial charge in [-0.25, -0.2) is 9.18 Å². The van der Waals surface area contributed by atoms with Gasteiger partial charge in [-0.3, -0.25) is 0 Å². The molecule has 1 amide bonds. The standard InChI is InChI=1S/C7H12FNO3.CH4O/c1-7(2,8)5(4-10)9-6(11)12-3;1-2/h4-5H,1-3H3,(H,9,11);2H,1H3. The first-order valence-corrected chi connectivity index (χ1v) is 3.85. The number of carbonyl (C=O) groups excluding carboxylic acids is 2. The summed E-state index contributed by atoms with van der Waals surface area (Å²) >= 11 is 0. The molecule has 0 bridgehead atoms. The van der Waals surface area contributed by atoms with Gasteiger partial charge in [-0.2, -0.15) is 0 Å². The number of aliphatic hydroxyl groups is 1. The number of hydrogen-bond acceptors (Lipinski definition) is 4. The van der Waals surface area contributed by atoms with Gasteiger partial charge in [0.25, 0.3) is 0 Å². The number of alkyl halides is 1. The van der Waals surface area contributed by atoms with Gasteiger partial charge in [0.05, 0.1) is 7.11 Å². The van der Waals surface area contributed by atoms with Crippen molar-refractivity contribution >= 4 is 12.4 Å². The lowest BCUT2D eigenvalue weighted by atomic mass is 10.0. The molecular weight excluding hydrogens is 193 g/mol. The molecule has 0 saturated carbocycles. The van der Waals surface area contributed by atoms with Gasteiger partial charge < -0.3 is 20.0 Å². The summed E-state index contributed by atoms with van der Waals surface area (Å²) in [6.45, 7) is 2.39. The third-order valence-electron chi connectivity index (χ3n) is 1.33. The normalized spacial score (nSPS) is 11.9. The van der Waals surface area contributed by atoms with Gasteiger partial charge in [-0.1, -0.05) is 0 Å². The van der Waals surface area contributed by atoms with Crippen LogP contribution in [0, 0.1) is 0 Å². The predicted octanol–water partition coefficient (Wildman–Crippen LogP) is 0.266. The maximum Gasteiger partial charge on any atom is 0.407 e. The molecule has 0 aromatic heterocycles. The molecule has 84 valence electrons. The van der Waals surface area contributed by atoms with Crippen molar-refractivity contribution in [3.8, 4) is 0 Å². The molecule has 0 spiro atoms. The number of amides is 1. The van der Waals surface area contributed by atoms with Crippen molar-refractivity contribution in [2.24, 2.45) is 0 Å². The lowest BCUT2D eigenvalue weighted by Gasteiger charge is -2.21. The van der Waals surface area contributed by atoms with Crippen molar-refractivity contribution in [2.45, 2.75) is 25.6 Å². The van der Waals surface area contributed by atoms with Gasteiger partial charge in [-0.05, 0) is 13.8 Å². The fraction of sp³-hybridized carbons (Fsp3) is 0.750. The quantitative estimate of drug-likeness (QED) is 0.654. The second-order valence-electron chi connectivity index (χ2n) is 2.81. The summed E-state index contributed by atoms with van der Waals surface area (Å²) in [5.74, 6) is 0. The van der Waals surface area contributed by atoms with Gasteiger partial charge in [0.2, 0.25) is 0 Å². The van der Waals surface area contributed by atoms with Crippen LogP contribution in [0.3, 0.4) is 0 Å². The van der Waals surface area contributed by atoms with E-state index in [1.54, 1.807) is 0 Å². The molecule has 0 radical (unpaired) electrons. The molecule has 14 heavy (non-hydrogen) atoms. The van der Waals surface area contributed by atoms with Gasteiger partial charge in [0.15, 0.2) is 0 Å². The van der Waals surface area contributed by atoms with E-state index in [4.69, 9.17) is 5.11 Å². The number of aliphatic hydroxyl groups excluding tert-OH is 1. The Kier molecular flexibility index (Phi) is 7.93. The van der Waals surface area contributed by atoms with Gasteiger partial charge >= 0.3 is 6.09 Å². The van der Waals surface area contributed by atoms with E-state index < -0.39 is 17.8 Å². The number of halogens is 1. The third kappa shape index (κ3) is 6.36. The fourth-order valence-electron chi connectivity index (χ4n) is 0.553. The van der Waals surface area contributed by atoms with E-state index in [9.17, 15) is 14.0 Å². The van der Waals surface area contributed by atoms with Crippen LogP contribution >= 0.6 is 0 Å². The molecule has 5 nitrogen and oxygen atoms in total. The fourth-order valence-corrected chi connectivity index (χ4v) is 0.553. The van der Waals surface area contributed by atoms with Crippen LogP contribution in [0.25, 0.3) is 0 Å².